The summed E-state index contributed by atoms with van der Waals surface area (Å²) >= 11 is 0. The highest BCUT2D eigenvalue weighted by Crippen LogP contribution is 2.29. The van der Waals surface area contributed by atoms with Crippen LogP contribution < -0.4 is 0 Å². The van der Waals surface area contributed by atoms with Gasteiger partial charge in [0, 0.05) is 5.92 Å². The van der Waals surface area contributed by atoms with Gasteiger partial charge in [0.25, 0.3) is 0 Å². The Morgan fingerprint density at radius 2 is 1.68 bits per heavy atom. The second-order valence-corrected chi connectivity index (χ2v) is 5.37. The zero-order chi connectivity index (χ0) is 14.5. The van der Waals surface area contributed by atoms with Gasteiger partial charge in [-0.05, 0) is 39.2 Å². The number of hydrogen-bond acceptors (Lipinski definition) is 3. The highest BCUT2D eigenvalue weighted by molar-refractivity contribution is 5.82. The van der Waals surface area contributed by atoms with E-state index in [-0.39, 0.29) is 5.97 Å². The van der Waals surface area contributed by atoms with Gasteiger partial charge in [-0.2, -0.15) is 0 Å². The Morgan fingerprint density at radius 3 is 2.00 bits per heavy atom. The zero-order valence-corrected chi connectivity index (χ0v) is 12.1. The topological polar surface area (TPSA) is 43.4 Å². The van der Waals surface area contributed by atoms with Crippen molar-refractivity contribution in [2.45, 2.75) is 39.0 Å². The number of rotatable bonds is 3. The molecule has 0 bridgehead atoms. The van der Waals surface area contributed by atoms with Crippen LogP contribution >= 0.6 is 0 Å². The minimum Gasteiger partial charge on any atom is -0.468 e. The molecule has 19 heavy (non-hydrogen) atoms. The number of Topliss-reactive ketones (excluding diaryl/α,β-unsaturated/α-hetero) is 1. The lowest BCUT2D eigenvalue weighted by Crippen LogP contribution is -2.29. The molecule has 0 radical (unpaired) electrons. The largest absolute Gasteiger partial charge is 0.468 e. The number of esters is 1. The average Bonchev–Trinajstić information content (AvgIpc) is 3.24. The summed E-state index contributed by atoms with van der Waals surface area (Å²) in [5.41, 5.74) is 0.414. The van der Waals surface area contributed by atoms with Gasteiger partial charge in [0.1, 0.15) is 5.78 Å². The summed E-state index contributed by atoms with van der Waals surface area (Å²) in [4.78, 5) is 21.6. The first kappa shape index (κ1) is 15.4. The Labute approximate surface area is 115 Å². The molecule has 1 aromatic rings. The van der Waals surface area contributed by atoms with Crippen molar-refractivity contribution in [1.82, 2.24) is 0 Å². The van der Waals surface area contributed by atoms with Gasteiger partial charge in [-0.3, -0.25) is 9.59 Å². The van der Waals surface area contributed by atoms with Crippen LogP contribution in [0.1, 0.15) is 39.2 Å². The number of benzene rings is 1. The third kappa shape index (κ3) is 4.51. The lowest BCUT2D eigenvalue weighted by molar-refractivity contribution is -0.146. The molecule has 0 aromatic heterocycles. The van der Waals surface area contributed by atoms with Crippen LogP contribution in [0.5, 0.6) is 0 Å². The van der Waals surface area contributed by atoms with Gasteiger partial charge in [0.05, 0.1) is 12.5 Å². The van der Waals surface area contributed by atoms with E-state index in [9.17, 15) is 9.59 Å². The number of hydrogen-bond donors (Lipinski definition) is 0. The number of ketones is 1. The highest BCUT2D eigenvalue weighted by Gasteiger charge is 2.30. The predicted molar refractivity (Wildman–Crippen MR) is 74.9 cm³/mol. The standard InChI is InChI=1S/C11H14O2.C5H8O/c1-11(2,10(12)13-3)9-7-5-4-6-8-9;1-4(6)5-2-3-5/h4-8H,1-3H3;5H,2-3H2,1H3. The maximum atomic E-state index is 11.4. The minimum atomic E-state index is -0.560. The van der Waals surface area contributed by atoms with E-state index in [4.69, 9.17) is 4.74 Å². The van der Waals surface area contributed by atoms with E-state index in [1.54, 1.807) is 6.92 Å². The molecule has 1 aliphatic carbocycles. The van der Waals surface area contributed by atoms with Crippen LogP contribution in [0.15, 0.2) is 30.3 Å². The van der Waals surface area contributed by atoms with E-state index in [0.717, 1.165) is 18.4 Å². The molecule has 2 rings (SSSR count). The van der Waals surface area contributed by atoms with Crippen LogP contribution in [-0.2, 0) is 19.7 Å². The Balaban J connectivity index is 0.000000250. The van der Waals surface area contributed by atoms with Crippen LogP contribution in [0.4, 0.5) is 0 Å². The van der Waals surface area contributed by atoms with Crippen LogP contribution in [-0.4, -0.2) is 18.9 Å². The summed E-state index contributed by atoms with van der Waals surface area (Å²) in [7, 11) is 1.41. The number of carbonyl (C=O) groups is 2. The summed E-state index contributed by atoms with van der Waals surface area (Å²) in [6, 6.07) is 9.62. The molecule has 0 heterocycles. The number of methoxy groups -OCH3 is 1. The van der Waals surface area contributed by atoms with Gasteiger partial charge >= 0.3 is 5.97 Å². The first-order valence-corrected chi connectivity index (χ1v) is 6.54. The first-order valence-electron chi connectivity index (χ1n) is 6.54. The fraction of sp³-hybridized carbons (Fsp3) is 0.500. The average molecular weight is 262 g/mol. The maximum absolute atomic E-state index is 11.4. The second kappa shape index (κ2) is 6.50. The van der Waals surface area contributed by atoms with E-state index in [2.05, 4.69) is 0 Å². The summed E-state index contributed by atoms with van der Waals surface area (Å²) in [6.07, 6.45) is 2.30. The molecule has 0 spiro atoms. The van der Waals surface area contributed by atoms with Gasteiger partial charge < -0.3 is 4.74 Å². The van der Waals surface area contributed by atoms with Gasteiger partial charge in [-0.15, -0.1) is 0 Å². The lowest BCUT2D eigenvalue weighted by atomic mass is 9.85. The predicted octanol–water partition coefficient (Wildman–Crippen LogP) is 3.12. The van der Waals surface area contributed by atoms with Crippen molar-refractivity contribution in [2.24, 2.45) is 5.92 Å². The van der Waals surface area contributed by atoms with E-state index < -0.39 is 5.41 Å². The molecule has 0 amide bonds. The first-order chi connectivity index (χ1) is 8.89. The van der Waals surface area contributed by atoms with Crippen molar-refractivity contribution >= 4 is 11.8 Å². The Bertz CT molecular complexity index is 431. The van der Waals surface area contributed by atoms with Crippen LogP contribution in [0, 0.1) is 5.92 Å². The van der Waals surface area contributed by atoms with E-state index in [0.29, 0.717) is 11.7 Å². The van der Waals surface area contributed by atoms with Gasteiger partial charge in [0.2, 0.25) is 0 Å². The minimum absolute atomic E-state index is 0.210. The number of ether oxygens (including phenoxy) is 1. The molecule has 104 valence electrons. The fourth-order valence-corrected chi connectivity index (χ4v) is 1.72. The SMILES string of the molecule is CC(=O)C1CC1.COC(=O)C(C)(C)c1ccccc1. The second-order valence-electron chi connectivity index (χ2n) is 5.37. The van der Waals surface area contributed by atoms with Crippen molar-refractivity contribution in [3.05, 3.63) is 35.9 Å². The van der Waals surface area contributed by atoms with E-state index >= 15 is 0 Å². The summed E-state index contributed by atoms with van der Waals surface area (Å²) < 4.78 is 4.73. The summed E-state index contributed by atoms with van der Waals surface area (Å²) in [5, 5.41) is 0. The van der Waals surface area contributed by atoms with Crippen molar-refractivity contribution in [1.29, 1.82) is 0 Å². The molecule has 3 nitrogen and oxygen atoms in total. The lowest BCUT2D eigenvalue weighted by Gasteiger charge is -2.21. The number of carbonyl (C=O) groups excluding carboxylic acids is 2. The van der Waals surface area contributed by atoms with Crippen LogP contribution in [0.2, 0.25) is 0 Å². The Morgan fingerprint density at radius 1 is 1.16 bits per heavy atom. The van der Waals surface area contributed by atoms with Gasteiger partial charge in [0.15, 0.2) is 0 Å². The van der Waals surface area contributed by atoms with E-state index in [1.807, 2.05) is 44.2 Å². The van der Waals surface area contributed by atoms with Crippen LogP contribution in [0.25, 0.3) is 0 Å². The van der Waals surface area contributed by atoms with Gasteiger partial charge in [-0.1, -0.05) is 30.3 Å². The maximum Gasteiger partial charge on any atom is 0.315 e. The van der Waals surface area contributed by atoms with Crippen LogP contribution in [0.3, 0.4) is 0 Å². The van der Waals surface area contributed by atoms with Crippen molar-refractivity contribution in [3.8, 4) is 0 Å². The monoisotopic (exact) mass is 262 g/mol. The molecule has 0 saturated heterocycles. The quantitative estimate of drug-likeness (QED) is 0.786. The molecular formula is C16H22O3. The molecule has 1 aromatic carbocycles. The Kier molecular flexibility index (Phi) is 5.28. The molecular weight excluding hydrogens is 240 g/mol. The molecule has 1 aliphatic rings. The van der Waals surface area contributed by atoms with Gasteiger partial charge in [-0.25, -0.2) is 0 Å². The molecule has 0 N–H and O–H groups in total. The molecule has 1 saturated carbocycles. The van der Waals surface area contributed by atoms with Crippen molar-refractivity contribution < 1.29 is 14.3 Å². The van der Waals surface area contributed by atoms with Crippen molar-refractivity contribution in [2.75, 3.05) is 7.11 Å². The third-order valence-electron chi connectivity index (χ3n) is 3.34. The highest BCUT2D eigenvalue weighted by atomic mass is 16.5. The van der Waals surface area contributed by atoms with Crippen molar-refractivity contribution in [3.63, 3.8) is 0 Å². The third-order valence-corrected chi connectivity index (χ3v) is 3.34. The summed E-state index contributed by atoms with van der Waals surface area (Å²) in [5.74, 6) is 0.624. The molecule has 0 aliphatic heterocycles. The summed E-state index contributed by atoms with van der Waals surface area (Å²) in [6.45, 7) is 5.38. The zero-order valence-electron chi connectivity index (χ0n) is 12.1. The normalized spacial score (nSPS) is 14.1. The Hall–Kier alpha value is -1.64. The fourth-order valence-electron chi connectivity index (χ4n) is 1.72. The smallest absolute Gasteiger partial charge is 0.315 e. The van der Waals surface area contributed by atoms with E-state index in [1.165, 1.54) is 7.11 Å². The molecule has 3 heteroatoms. The molecule has 0 atom stereocenters. The molecule has 0 unspecified atom stereocenters. The molecule has 1 fully saturated rings.